The van der Waals surface area contributed by atoms with E-state index in [0.717, 1.165) is 11.3 Å². The highest BCUT2D eigenvalue weighted by atomic mass is 16.5. The maximum Gasteiger partial charge on any atom is 0.259 e. The number of hydrogen-bond donors (Lipinski definition) is 3. The molecule has 0 aromatic heterocycles. The number of aliphatic hydroxyl groups excluding tert-OH is 1. The van der Waals surface area contributed by atoms with Gasteiger partial charge in [0.25, 0.3) is 11.8 Å². The molecule has 0 bridgehead atoms. The molecule has 2 atom stereocenters. The van der Waals surface area contributed by atoms with Crippen molar-refractivity contribution in [3.63, 3.8) is 0 Å². The second kappa shape index (κ2) is 9.90. The van der Waals surface area contributed by atoms with Crippen molar-refractivity contribution in [2.45, 2.75) is 38.6 Å². The minimum atomic E-state index is -0.743. The summed E-state index contributed by atoms with van der Waals surface area (Å²) < 4.78 is 5.73. The first-order valence-corrected chi connectivity index (χ1v) is 12.0. The van der Waals surface area contributed by atoms with E-state index in [2.05, 4.69) is 22.8 Å². The molecule has 3 N–H and O–H groups in total. The minimum Gasteiger partial charge on any atom is -0.493 e. The monoisotopic (exact) mass is 471 g/mol. The summed E-state index contributed by atoms with van der Waals surface area (Å²) in [6.07, 6.45) is -0.0411. The van der Waals surface area contributed by atoms with Crippen LogP contribution in [0.4, 0.5) is 5.69 Å². The number of rotatable bonds is 7. The first-order valence-electron chi connectivity index (χ1n) is 12.0. The van der Waals surface area contributed by atoms with Crippen LogP contribution in [-0.4, -0.2) is 42.2 Å². The van der Waals surface area contributed by atoms with E-state index >= 15 is 0 Å². The Balaban J connectivity index is 1.30. The van der Waals surface area contributed by atoms with Crippen molar-refractivity contribution in [3.8, 4) is 5.75 Å². The molecule has 180 valence electrons. The lowest BCUT2D eigenvalue weighted by Gasteiger charge is -2.30. The Labute approximate surface area is 204 Å². The van der Waals surface area contributed by atoms with E-state index in [1.165, 1.54) is 11.1 Å². The maximum atomic E-state index is 13.1. The van der Waals surface area contributed by atoms with Gasteiger partial charge in [-0.05, 0) is 54.3 Å². The van der Waals surface area contributed by atoms with Gasteiger partial charge in [-0.2, -0.15) is 0 Å². The first-order chi connectivity index (χ1) is 17.0. The van der Waals surface area contributed by atoms with Crippen LogP contribution in [0.5, 0.6) is 5.75 Å². The van der Waals surface area contributed by atoms with Gasteiger partial charge in [0, 0.05) is 30.4 Å². The van der Waals surface area contributed by atoms with Gasteiger partial charge in [0.15, 0.2) is 0 Å². The molecular formula is C28H29N3O4. The zero-order valence-electron chi connectivity index (χ0n) is 19.7. The van der Waals surface area contributed by atoms with Crippen LogP contribution < -0.4 is 20.3 Å². The van der Waals surface area contributed by atoms with E-state index in [-0.39, 0.29) is 24.4 Å². The molecule has 5 rings (SSSR count). The van der Waals surface area contributed by atoms with Crippen LogP contribution in [0, 0.1) is 0 Å². The topological polar surface area (TPSA) is 90.9 Å². The van der Waals surface area contributed by atoms with Crippen molar-refractivity contribution in [1.82, 2.24) is 10.6 Å². The number of ether oxygens (including phenoxy) is 1. The van der Waals surface area contributed by atoms with Gasteiger partial charge in [-0.15, -0.1) is 0 Å². The van der Waals surface area contributed by atoms with Crippen molar-refractivity contribution < 1.29 is 19.4 Å². The Morgan fingerprint density at radius 2 is 1.86 bits per heavy atom. The van der Waals surface area contributed by atoms with Gasteiger partial charge < -0.3 is 25.4 Å². The summed E-state index contributed by atoms with van der Waals surface area (Å²) in [4.78, 5) is 27.9. The molecule has 0 saturated heterocycles. The quantitative estimate of drug-likeness (QED) is 0.493. The number of amides is 2. The number of para-hydroxylation sites is 1. The van der Waals surface area contributed by atoms with E-state index in [1.807, 2.05) is 49.4 Å². The molecule has 35 heavy (non-hydrogen) atoms. The third kappa shape index (κ3) is 4.65. The van der Waals surface area contributed by atoms with Crippen molar-refractivity contribution in [2.24, 2.45) is 0 Å². The molecule has 3 aromatic carbocycles. The van der Waals surface area contributed by atoms with Crippen LogP contribution in [0.1, 0.15) is 44.3 Å². The summed E-state index contributed by atoms with van der Waals surface area (Å²) in [6, 6.07) is 20.9. The SMILES string of the molecule is CCOc1cc2c(cc1C(=O)NCC(O)[C@@H]1Cc3ccccc3CN1)CN(c1ccccc1)C2=O. The molecule has 2 heterocycles. The number of benzene rings is 3. The number of nitrogens with one attached hydrogen (secondary N) is 2. The minimum absolute atomic E-state index is 0.108. The fraction of sp³-hybridized carbons (Fsp3) is 0.286. The lowest BCUT2D eigenvalue weighted by Crippen LogP contribution is -2.49. The van der Waals surface area contributed by atoms with Crippen molar-refractivity contribution in [3.05, 3.63) is 94.5 Å². The molecule has 0 spiro atoms. The van der Waals surface area contributed by atoms with E-state index < -0.39 is 6.10 Å². The summed E-state index contributed by atoms with van der Waals surface area (Å²) in [5.74, 6) is -0.0819. The number of aliphatic hydroxyl groups is 1. The predicted octanol–water partition coefficient (Wildman–Crippen LogP) is 3.05. The number of carbonyl (C=O) groups excluding carboxylic acids is 2. The molecule has 0 radical (unpaired) electrons. The highest BCUT2D eigenvalue weighted by Crippen LogP contribution is 2.33. The Hall–Kier alpha value is -3.68. The average molecular weight is 472 g/mol. The van der Waals surface area contributed by atoms with Crippen LogP contribution in [0.25, 0.3) is 0 Å². The second-order valence-corrected chi connectivity index (χ2v) is 8.90. The molecule has 2 aliphatic heterocycles. The van der Waals surface area contributed by atoms with Crippen molar-refractivity contribution >= 4 is 17.5 Å². The standard InChI is InChI=1S/C28H29N3O4/c1-2-35-26-14-22-20(17-31(28(22)34)21-10-4-3-5-11-21)12-23(26)27(33)30-16-25(32)24-13-18-8-6-7-9-19(18)15-29-24/h3-12,14,24-25,29,32H,2,13,15-17H2,1H3,(H,30,33)/t24-,25?/m0/s1. The molecule has 0 aliphatic carbocycles. The van der Waals surface area contributed by atoms with Crippen LogP contribution >= 0.6 is 0 Å². The van der Waals surface area contributed by atoms with Crippen molar-refractivity contribution in [2.75, 3.05) is 18.1 Å². The van der Waals surface area contributed by atoms with E-state index in [9.17, 15) is 14.7 Å². The number of hydrogen-bond acceptors (Lipinski definition) is 5. The van der Waals surface area contributed by atoms with Crippen LogP contribution in [0.3, 0.4) is 0 Å². The van der Waals surface area contributed by atoms with Gasteiger partial charge in [0.2, 0.25) is 0 Å². The molecule has 3 aromatic rings. The molecular weight excluding hydrogens is 442 g/mol. The van der Waals surface area contributed by atoms with E-state index in [4.69, 9.17) is 4.74 Å². The largest absolute Gasteiger partial charge is 0.493 e. The molecule has 0 fully saturated rings. The highest BCUT2D eigenvalue weighted by Gasteiger charge is 2.31. The lowest BCUT2D eigenvalue weighted by molar-refractivity contribution is 0.0866. The number of anilines is 1. The van der Waals surface area contributed by atoms with Crippen LogP contribution in [0.2, 0.25) is 0 Å². The molecule has 7 nitrogen and oxygen atoms in total. The second-order valence-electron chi connectivity index (χ2n) is 8.90. The van der Waals surface area contributed by atoms with E-state index in [0.29, 0.717) is 43.0 Å². The summed E-state index contributed by atoms with van der Waals surface area (Å²) >= 11 is 0. The van der Waals surface area contributed by atoms with Gasteiger partial charge in [-0.3, -0.25) is 9.59 Å². The Morgan fingerprint density at radius 3 is 2.63 bits per heavy atom. The smallest absolute Gasteiger partial charge is 0.259 e. The zero-order chi connectivity index (χ0) is 24.4. The van der Waals surface area contributed by atoms with Gasteiger partial charge in [-0.25, -0.2) is 0 Å². The zero-order valence-corrected chi connectivity index (χ0v) is 19.7. The summed E-state index contributed by atoms with van der Waals surface area (Å²) in [7, 11) is 0. The van der Waals surface area contributed by atoms with Crippen molar-refractivity contribution in [1.29, 1.82) is 0 Å². The number of nitrogens with zero attached hydrogens (tertiary/aromatic N) is 1. The number of fused-ring (bicyclic) bond motifs is 2. The third-order valence-electron chi connectivity index (χ3n) is 6.67. The molecule has 2 amide bonds. The molecule has 2 aliphatic rings. The fourth-order valence-electron chi connectivity index (χ4n) is 4.80. The summed E-state index contributed by atoms with van der Waals surface area (Å²) in [5.41, 5.74) is 4.94. The predicted molar refractivity (Wildman–Crippen MR) is 134 cm³/mol. The van der Waals surface area contributed by atoms with E-state index in [1.54, 1.807) is 17.0 Å². The fourth-order valence-corrected chi connectivity index (χ4v) is 4.80. The molecule has 7 heteroatoms. The van der Waals surface area contributed by atoms with Gasteiger partial charge in [-0.1, -0.05) is 42.5 Å². The van der Waals surface area contributed by atoms with Crippen LogP contribution in [0.15, 0.2) is 66.7 Å². The van der Waals surface area contributed by atoms with Gasteiger partial charge in [0.05, 0.1) is 24.8 Å². The average Bonchev–Trinajstić information content (AvgIpc) is 3.22. The van der Waals surface area contributed by atoms with Crippen LogP contribution in [-0.2, 0) is 19.5 Å². The molecule has 0 saturated carbocycles. The maximum absolute atomic E-state index is 13.1. The summed E-state index contributed by atoms with van der Waals surface area (Å²) in [5, 5.41) is 17.0. The Kier molecular flexibility index (Phi) is 6.53. The normalized spacial score (nSPS) is 17.5. The van der Waals surface area contributed by atoms with Gasteiger partial charge in [0.1, 0.15) is 5.75 Å². The lowest BCUT2D eigenvalue weighted by atomic mass is 9.93. The number of carbonyl (C=O) groups is 2. The first kappa shape index (κ1) is 23.1. The molecule has 1 unspecified atom stereocenters. The Bertz CT molecular complexity index is 1240. The third-order valence-corrected chi connectivity index (χ3v) is 6.67. The van der Waals surface area contributed by atoms with Gasteiger partial charge >= 0.3 is 0 Å². The highest BCUT2D eigenvalue weighted by molar-refractivity contribution is 6.11. The summed E-state index contributed by atoms with van der Waals surface area (Å²) in [6.45, 7) is 3.39. The Morgan fingerprint density at radius 1 is 1.11 bits per heavy atom.